The third kappa shape index (κ3) is 3.63. The lowest BCUT2D eigenvalue weighted by atomic mass is 10.1. The second-order valence-electron chi connectivity index (χ2n) is 3.46. The van der Waals surface area contributed by atoms with Gasteiger partial charge in [-0.3, -0.25) is 8.98 Å². The summed E-state index contributed by atoms with van der Waals surface area (Å²) in [5, 5.41) is 0. The number of hydrogen-bond acceptors (Lipinski definition) is 5. The minimum Gasteiger partial charge on any atom is -0.469 e. The molecule has 1 saturated carbocycles. The van der Waals surface area contributed by atoms with Crippen molar-refractivity contribution in [2.24, 2.45) is 11.8 Å². The molecule has 82 valence electrons. The smallest absolute Gasteiger partial charge is 0.311 e. The molecule has 0 heterocycles. The summed E-state index contributed by atoms with van der Waals surface area (Å²) in [6, 6.07) is 0. The molecule has 5 nitrogen and oxygen atoms in total. The molecule has 0 aromatic rings. The highest BCUT2D eigenvalue weighted by Gasteiger charge is 2.37. The van der Waals surface area contributed by atoms with E-state index >= 15 is 0 Å². The normalized spacial score (nSPS) is 19.0. The van der Waals surface area contributed by atoms with Crippen molar-refractivity contribution in [3.8, 4) is 0 Å². The molecule has 6 heteroatoms. The molecule has 0 N–H and O–H groups in total. The fraction of sp³-hybridized carbons (Fsp3) is 0.875. The number of hydrogen-bond donors (Lipinski definition) is 0. The van der Waals surface area contributed by atoms with Gasteiger partial charge in [0.25, 0.3) is 10.1 Å². The summed E-state index contributed by atoms with van der Waals surface area (Å²) in [5.41, 5.74) is 0. The molecule has 1 aliphatic rings. The zero-order valence-corrected chi connectivity index (χ0v) is 9.04. The molecule has 1 aliphatic carbocycles. The average Bonchev–Trinajstić information content (AvgIpc) is 2.86. The van der Waals surface area contributed by atoms with Crippen molar-refractivity contribution in [2.45, 2.75) is 12.8 Å². The lowest BCUT2D eigenvalue weighted by Crippen LogP contribution is -2.25. The summed E-state index contributed by atoms with van der Waals surface area (Å²) in [6.45, 7) is -0.101. The van der Waals surface area contributed by atoms with Crippen LogP contribution in [0.25, 0.3) is 0 Å². The van der Waals surface area contributed by atoms with Gasteiger partial charge in [0.05, 0.1) is 25.9 Å². The van der Waals surface area contributed by atoms with Gasteiger partial charge in [0, 0.05) is 0 Å². The van der Waals surface area contributed by atoms with Gasteiger partial charge >= 0.3 is 5.97 Å². The number of esters is 1. The Labute approximate surface area is 83.5 Å². The molecule has 0 bridgehead atoms. The van der Waals surface area contributed by atoms with Crippen molar-refractivity contribution < 1.29 is 22.1 Å². The van der Waals surface area contributed by atoms with Crippen LogP contribution in [0.5, 0.6) is 0 Å². The van der Waals surface area contributed by atoms with Crippen LogP contribution in [0.2, 0.25) is 0 Å². The van der Waals surface area contributed by atoms with Crippen molar-refractivity contribution in [1.29, 1.82) is 0 Å². The number of rotatable bonds is 5. The zero-order valence-electron chi connectivity index (χ0n) is 8.23. The number of carbonyl (C=O) groups is 1. The van der Waals surface area contributed by atoms with Crippen LogP contribution in [-0.4, -0.2) is 34.4 Å². The van der Waals surface area contributed by atoms with Crippen LogP contribution in [0.4, 0.5) is 0 Å². The molecule has 0 aromatic carbocycles. The Morgan fingerprint density at radius 1 is 1.50 bits per heavy atom. The van der Waals surface area contributed by atoms with E-state index in [0.29, 0.717) is 0 Å². The fourth-order valence-electron chi connectivity index (χ4n) is 1.24. The molecule has 0 aliphatic heterocycles. The lowest BCUT2D eigenvalue weighted by molar-refractivity contribution is -0.147. The van der Waals surface area contributed by atoms with Gasteiger partial charge in [-0.25, -0.2) is 0 Å². The third-order valence-electron chi connectivity index (χ3n) is 2.16. The highest BCUT2D eigenvalue weighted by molar-refractivity contribution is 7.85. The molecule has 14 heavy (non-hydrogen) atoms. The van der Waals surface area contributed by atoms with E-state index in [1.807, 2.05) is 0 Å². The van der Waals surface area contributed by atoms with E-state index in [1.54, 1.807) is 0 Å². The minimum absolute atomic E-state index is 0.101. The molecule has 1 fully saturated rings. The van der Waals surface area contributed by atoms with Crippen LogP contribution in [0.3, 0.4) is 0 Å². The van der Waals surface area contributed by atoms with E-state index in [9.17, 15) is 13.2 Å². The lowest BCUT2D eigenvalue weighted by Gasteiger charge is -2.12. The molecule has 1 rings (SSSR count). The van der Waals surface area contributed by atoms with Crippen LogP contribution < -0.4 is 0 Å². The van der Waals surface area contributed by atoms with Crippen molar-refractivity contribution in [3.05, 3.63) is 0 Å². The molecule has 1 atom stereocenters. The van der Waals surface area contributed by atoms with Crippen LogP contribution in [0, 0.1) is 11.8 Å². The zero-order chi connectivity index (χ0) is 10.8. The third-order valence-corrected chi connectivity index (χ3v) is 2.72. The van der Waals surface area contributed by atoms with Gasteiger partial charge in [0.2, 0.25) is 0 Å². The van der Waals surface area contributed by atoms with Gasteiger partial charge in [-0.15, -0.1) is 0 Å². The highest BCUT2D eigenvalue weighted by atomic mass is 32.2. The van der Waals surface area contributed by atoms with E-state index < -0.39 is 22.0 Å². The monoisotopic (exact) mass is 222 g/mol. The van der Waals surface area contributed by atoms with E-state index in [4.69, 9.17) is 0 Å². The van der Waals surface area contributed by atoms with Crippen molar-refractivity contribution >= 4 is 16.1 Å². The summed E-state index contributed by atoms with van der Waals surface area (Å²) in [5.74, 6) is -0.602. The predicted molar refractivity (Wildman–Crippen MR) is 49.0 cm³/mol. The molecular formula is C8H14O5S. The second-order valence-corrected chi connectivity index (χ2v) is 5.10. The average molecular weight is 222 g/mol. The molecule has 0 spiro atoms. The standard InChI is InChI=1S/C8H14O5S/c1-12-8(9)7(6-3-4-6)5-13-14(2,10)11/h6-7H,3-5H2,1-2H3. The quantitative estimate of drug-likeness (QED) is 0.489. The first-order chi connectivity index (χ1) is 6.44. The van der Waals surface area contributed by atoms with Crippen LogP contribution in [0.15, 0.2) is 0 Å². The van der Waals surface area contributed by atoms with E-state index in [2.05, 4.69) is 8.92 Å². The SMILES string of the molecule is COC(=O)C(COS(C)(=O)=O)C1CC1. The summed E-state index contributed by atoms with van der Waals surface area (Å²) in [7, 11) is -2.18. The number of carbonyl (C=O) groups excluding carboxylic acids is 1. The van der Waals surface area contributed by atoms with Gasteiger partial charge in [0.15, 0.2) is 0 Å². The second kappa shape index (κ2) is 4.27. The molecule has 0 amide bonds. The summed E-state index contributed by atoms with van der Waals surface area (Å²) < 4.78 is 30.6. The Balaban J connectivity index is 2.48. The highest BCUT2D eigenvalue weighted by Crippen LogP contribution is 2.37. The predicted octanol–water partition coefficient (Wildman–Crippen LogP) is 0.162. The summed E-state index contributed by atoms with van der Waals surface area (Å²) >= 11 is 0. The van der Waals surface area contributed by atoms with E-state index in [1.165, 1.54) is 7.11 Å². The number of ether oxygens (including phenoxy) is 1. The van der Waals surface area contributed by atoms with Crippen LogP contribution in [0.1, 0.15) is 12.8 Å². The van der Waals surface area contributed by atoms with Crippen molar-refractivity contribution in [3.63, 3.8) is 0 Å². The van der Waals surface area contributed by atoms with Gasteiger partial charge in [-0.1, -0.05) is 0 Å². The first-order valence-corrected chi connectivity index (χ1v) is 6.18. The molecule has 0 aromatic heterocycles. The Morgan fingerprint density at radius 3 is 2.43 bits per heavy atom. The maximum atomic E-state index is 11.2. The maximum absolute atomic E-state index is 11.2. The maximum Gasteiger partial charge on any atom is 0.311 e. The Hall–Kier alpha value is -0.620. The Kier molecular flexibility index (Phi) is 3.49. The molecule has 0 saturated heterocycles. The van der Waals surface area contributed by atoms with Gasteiger partial charge in [0.1, 0.15) is 0 Å². The van der Waals surface area contributed by atoms with Gasteiger partial charge in [-0.05, 0) is 18.8 Å². The Morgan fingerprint density at radius 2 is 2.07 bits per heavy atom. The fourth-order valence-corrected chi connectivity index (χ4v) is 1.64. The summed E-state index contributed by atoms with van der Waals surface area (Å²) in [4.78, 5) is 11.2. The first-order valence-electron chi connectivity index (χ1n) is 4.36. The van der Waals surface area contributed by atoms with E-state index in [0.717, 1.165) is 19.1 Å². The van der Waals surface area contributed by atoms with Gasteiger partial charge < -0.3 is 4.74 Å². The largest absolute Gasteiger partial charge is 0.469 e. The van der Waals surface area contributed by atoms with E-state index in [-0.39, 0.29) is 12.5 Å². The van der Waals surface area contributed by atoms with Gasteiger partial charge in [-0.2, -0.15) is 8.42 Å². The molecule has 1 unspecified atom stereocenters. The molecular weight excluding hydrogens is 208 g/mol. The Bertz CT molecular complexity index is 304. The minimum atomic E-state index is -3.47. The summed E-state index contributed by atoms with van der Waals surface area (Å²) in [6.07, 6.45) is 2.84. The number of methoxy groups -OCH3 is 1. The van der Waals surface area contributed by atoms with Crippen LogP contribution in [-0.2, 0) is 23.8 Å². The van der Waals surface area contributed by atoms with Crippen molar-refractivity contribution in [2.75, 3.05) is 20.0 Å². The topological polar surface area (TPSA) is 69.7 Å². The van der Waals surface area contributed by atoms with Crippen molar-refractivity contribution in [1.82, 2.24) is 0 Å². The first kappa shape index (κ1) is 11.5. The van der Waals surface area contributed by atoms with Crippen LogP contribution >= 0.6 is 0 Å². The molecule has 0 radical (unpaired) electrons.